The number of rotatable bonds is 2. The fourth-order valence-electron chi connectivity index (χ4n) is 3.42. The van der Waals surface area contributed by atoms with Crippen LogP contribution in [0.2, 0.25) is 0 Å². The van der Waals surface area contributed by atoms with Gasteiger partial charge in [-0.3, -0.25) is 4.79 Å². The van der Waals surface area contributed by atoms with E-state index in [2.05, 4.69) is 5.32 Å². The zero-order valence-corrected chi connectivity index (χ0v) is 11.1. The lowest BCUT2D eigenvalue weighted by Gasteiger charge is -2.05. The molecule has 0 aromatic heterocycles. The maximum atomic E-state index is 12.2. The molecule has 1 N–H and O–H groups in total. The molecule has 2 fully saturated rings. The highest BCUT2D eigenvalue weighted by atomic mass is 16.2. The number of benzene rings is 1. The Bertz CT molecular complexity index is 626. The van der Waals surface area contributed by atoms with Crippen molar-refractivity contribution in [1.29, 1.82) is 10.5 Å². The van der Waals surface area contributed by atoms with Crippen LogP contribution in [0.25, 0.3) is 0 Å². The molecule has 2 unspecified atom stereocenters. The van der Waals surface area contributed by atoms with Crippen LogP contribution in [-0.4, -0.2) is 5.91 Å². The van der Waals surface area contributed by atoms with Gasteiger partial charge in [0.05, 0.1) is 11.1 Å². The van der Waals surface area contributed by atoms with E-state index >= 15 is 0 Å². The minimum atomic E-state index is 0.0653. The van der Waals surface area contributed by atoms with Crippen LogP contribution >= 0.6 is 0 Å². The lowest BCUT2D eigenvalue weighted by atomic mass is 10.0. The molecule has 20 heavy (non-hydrogen) atoms. The number of amides is 1. The average molecular weight is 265 g/mol. The number of nitrogens with zero attached hydrogens (tertiary/aromatic N) is 2. The normalized spacial score (nSPS) is 26.8. The minimum absolute atomic E-state index is 0.0653. The van der Waals surface area contributed by atoms with Gasteiger partial charge in [0.15, 0.2) is 0 Å². The number of fused-ring (bicyclic) bond motifs is 1. The lowest BCUT2D eigenvalue weighted by molar-refractivity contribution is -0.117. The average Bonchev–Trinajstić information content (AvgIpc) is 3.21. The molecule has 4 heteroatoms. The van der Waals surface area contributed by atoms with Crippen LogP contribution in [0.3, 0.4) is 0 Å². The number of nitrogens with one attached hydrogen (secondary N) is 1. The smallest absolute Gasteiger partial charge is 0.228 e. The summed E-state index contributed by atoms with van der Waals surface area (Å²) in [5.74, 6) is 1.35. The summed E-state index contributed by atoms with van der Waals surface area (Å²) in [7, 11) is 0. The van der Waals surface area contributed by atoms with Crippen LogP contribution in [-0.2, 0) is 4.79 Å². The molecule has 0 aliphatic heterocycles. The molecule has 2 saturated carbocycles. The van der Waals surface area contributed by atoms with E-state index in [0.717, 1.165) is 0 Å². The van der Waals surface area contributed by atoms with Crippen LogP contribution in [0, 0.1) is 40.4 Å². The van der Waals surface area contributed by atoms with E-state index in [1.54, 1.807) is 18.2 Å². The lowest BCUT2D eigenvalue weighted by Crippen LogP contribution is -2.15. The molecule has 3 rings (SSSR count). The van der Waals surface area contributed by atoms with Crippen molar-refractivity contribution < 1.29 is 4.79 Å². The van der Waals surface area contributed by atoms with E-state index in [1.165, 1.54) is 25.7 Å². The van der Waals surface area contributed by atoms with Crippen molar-refractivity contribution >= 4 is 11.6 Å². The highest BCUT2D eigenvalue weighted by molar-refractivity contribution is 5.95. The topological polar surface area (TPSA) is 76.7 Å². The Hall–Kier alpha value is -2.33. The molecule has 0 heterocycles. The van der Waals surface area contributed by atoms with Gasteiger partial charge in [-0.1, -0.05) is 12.8 Å². The number of anilines is 1. The monoisotopic (exact) mass is 265 g/mol. The first-order chi connectivity index (χ1) is 9.74. The predicted molar refractivity (Wildman–Crippen MR) is 73.4 cm³/mol. The Labute approximate surface area is 118 Å². The summed E-state index contributed by atoms with van der Waals surface area (Å²) in [6.07, 6.45) is 4.81. The first-order valence-electron chi connectivity index (χ1n) is 6.99. The molecule has 100 valence electrons. The van der Waals surface area contributed by atoms with Crippen molar-refractivity contribution in [2.45, 2.75) is 25.7 Å². The summed E-state index contributed by atoms with van der Waals surface area (Å²) in [6, 6.07) is 8.78. The zero-order chi connectivity index (χ0) is 14.1. The highest BCUT2D eigenvalue weighted by Gasteiger charge is 2.54. The van der Waals surface area contributed by atoms with Gasteiger partial charge in [-0.15, -0.1) is 0 Å². The van der Waals surface area contributed by atoms with Crippen molar-refractivity contribution in [2.24, 2.45) is 17.8 Å². The fourth-order valence-corrected chi connectivity index (χ4v) is 3.42. The van der Waals surface area contributed by atoms with E-state index in [-0.39, 0.29) is 11.8 Å². The molecule has 1 aromatic carbocycles. The van der Waals surface area contributed by atoms with Crippen molar-refractivity contribution in [3.05, 3.63) is 29.3 Å². The van der Waals surface area contributed by atoms with E-state index in [9.17, 15) is 4.79 Å². The van der Waals surface area contributed by atoms with E-state index in [4.69, 9.17) is 10.5 Å². The maximum absolute atomic E-state index is 12.2. The quantitative estimate of drug-likeness (QED) is 0.893. The van der Waals surface area contributed by atoms with Crippen molar-refractivity contribution in [2.75, 3.05) is 5.32 Å². The summed E-state index contributed by atoms with van der Waals surface area (Å²) in [5.41, 5.74) is 1.25. The van der Waals surface area contributed by atoms with Crippen LogP contribution < -0.4 is 5.32 Å². The Balaban J connectivity index is 1.71. The Morgan fingerprint density at radius 3 is 2.35 bits per heavy atom. The SMILES string of the molecule is N#Cc1ccc(NC(=O)C2C3CCCCC32)cc1C#N. The number of nitriles is 2. The van der Waals surface area contributed by atoms with Gasteiger partial charge < -0.3 is 5.32 Å². The summed E-state index contributed by atoms with van der Waals surface area (Å²) in [5, 5.41) is 20.7. The third kappa shape index (κ3) is 2.14. The highest BCUT2D eigenvalue weighted by Crippen LogP contribution is 2.55. The molecule has 4 nitrogen and oxygen atoms in total. The van der Waals surface area contributed by atoms with Gasteiger partial charge in [0.2, 0.25) is 5.91 Å². The van der Waals surface area contributed by atoms with Gasteiger partial charge in [0, 0.05) is 11.6 Å². The number of hydrogen-bond donors (Lipinski definition) is 1. The third-order valence-corrected chi connectivity index (χ3v) is 4.49. The van der Waals surface area contributed by atoms with Gasteiger partial charge in [-0.25, -0.2) is 0 Å². The zero-order valence-electron chi connectivity index (χ0n) is 11.1. The van der Waals surface area contributed by atoms with Gasteiger partial charge in [0.25, 0.3) is 0 Å². The van der Waals surface area contributed by atoms with Gasteiger partial charge in [-0.05, 0) is 42.9 Å². The standard InChI is InChI=1S/C16H15N3O/c17-8-10-5-6-12(7-11(10)9-18)19-16(20)15-13-3-1-2-4-14(13)15/h5-7,13-15H,1-4H2,(H,19,20). The largest absolute Gasteiger partial charge is 0.326 e. The number of carbonyl (C=O) groups excluding carboxylic acids is 1. The summed E-state index contributed by atoms with van der Waals surface area (Å²) >= 11 is 0. The third-order valence-electron chi connectivity index (χ3n) is 4.49. The number of hydrogen-bond acceptors (Lipinski definition) is 3. The van der Waals surface area contributed by atoms with Crippen LogP contribution in [0.15, 0.2) is 18.2 Å². The molecule has 0 bridgehead atoms. The summed E-state index contributed by atoms with van der Waals surface area (Å²) in [6.45, 7) is 0. The molecule has 2 atom stereocenters. The molecule has 0 radical (unpaired) electrons. The molecule has 1 aromatic rings. The second-order valence-electron chi connectivity index (χ2n) is 5.61. The summed E-state index contributed by atoms with van der Waals surface area (Å²) < 4.78 is 0. The molecule has 2 aliphatic rings. The number of carbonyl (C=O) groups is 1. The predicted octanol–water partition coefficient (Wildman–Crippen LogP) is 2.80. The molecular weight excluding hydrogens is 250 g/mol. The van der Waals surface area contributed by atoms with Gasteiger partial charge in [0.1, 0.15) is 12.1 Å². The minimum Gasteiger partial charge on any atom is -0.326 e. The Kier molecular flexibility index (Phi) is 3.16. The summed E-state index contributed by atoms with van der Waals surface area (Å²) in [4.78, 5) is 12.2. The van der Waals surface area contributed by atoms with Crippen molar-refractivity contribution in [1.82, 2.24) is 0 Å². The second kappa shape index (κ2) is 4.98. The second-order valence-corrected chi connectivity index (χ2v) is 5.61. The van der Waals surface area contributed by atoms with Crippen LogP contribution in [0.4, 0.5) is 5.69 Å². The molecule has 0 spiro atoms. The van der Waals surface area contributed by atoms with Crippen molar-refractivity contribution in [3.8, 4) is 12.1 Å². The van der Waals surface area contributed by atoms with Crippen molar-refractivity contribution in [3.63, 3.8) is 0 Å². The Morgan fingerprint density at radius 2 is 1.75 bits per heavy atom. The molecule has 1 amide bonds. The maximum Gasteiger partial charge on any atom is 0.228 e. The molecular formula is C16H15N3O. The first-order valence-corrected chi connectivity index (χ1v) is 6.99. The first kappa shape index (κ1) is 12.7. The van der Waals surface area contributed by atoms with Gasteiger partial charge >= 0.3 is 0 Å². The van der Waals surface area contributed by atoms with E-state index < -0.39 is 0 Å². The van der Waals surface area contributed by atoms with E-state index in [1.807, 2.05) is 12.1 Å². The van der Waals surface area contributed by atoms with Crippen LogP contribution in [0.1, 0.15) is 36.8 Å². The Morgan fingerprint density at radius 1 is 1.10 bits per heavy atom. The molecule has 2 aliphatic carbocycles. The fraction of sp³-hybridized carbons (Fsp3) is 0.438. The van der Waals surface area contributed by atoms with E-state index in [0.29, 0.717) is 28.7 Å². The van der Waals surface area contributed by atoms with Gasteiger partial charge in [-0.2, -0.15) is 10.5 Å². The molecule has 0 saturated heterocycles. The van der Waals surface area contributed by atoms with Crippen LogP contribution in [0.5, 0.6) is 0 Å².